The summed E-state index contributed by atoms with van der Waals surface area (Å²) in [6.07, 6.45) is 3.55. The van der Waals surface area contributed by atoms with E-state index in [9.17, 15) is 0 Å². The van der Waals surface area contributed by atoms with Gasteiger partial charge in [-0.05, 0) is 48.4 Å². The summed E-state index contributed by atoms with van der Waals surface area (Å²) >= 11 is 0. The van der Waals surface area contributed by atoms with Gasteiger partial charge in [-0.25, -0.2) is 4.99 Å². The van der Waals surface area contributed by atoms with Gasteiger partial charge in [0.2, 0.25) is 0 Å². The first-order chi connectivity index (χ1) is 11.8. The van der Waals surface area contributed by atoms with Crippen LogP contribution in [-0.4, -0.2) is 21.4 Å². The van der Waals surface area contributed by atoms with E-state index in [-0.39, 0.29) is 0 Å². The lowest BCUT2D eigenvalue weighted by Gasteiger charge is -2.08. The molecule has 1 aromatic carbocycles. The molecule has 0 aliphatic carbocycles. The van der Waals surface area contributed by atoms with Crippen molar-refractivity contribution in [1.82, 2.24) is 9.97 Å². The molecule has 1 aliphatic heterocycles. The van der Waals surface area contributed by atoms with Crippen molar-refractivity contribution in [3.63, 3.8) is 0 Å². The Kier molecular flexibility index (Phi) is 3.71. The number of hydrogen-bond donors (Lipinski definition) is 0. The highest BCUT2D eigenvalue weighted by molar-refractivity contribution is 6.53. The number of hydrogen-bond acceptors (Lipinski definition) is 4. The van der Waals surface area contributed by atoms with Crippen molar-refractivity contribution >= 4 is 17.1 Å². The number of nitrogens with zero attached hydrogens (tertiary/aromatic N) is 4. The number of aryl methyl sites for hydroxylation is 1. The highest BCUT2D eigenvalue weighted by atomic mass is 14.9. The van der Waals surface area contributed by atoms with Crippen molar-refractivity contribution < 1.29 is 0 Å². The largest absolute Gasteiger partial charge is 0.276 e. The van der Waals surface area contributed by atoms with Crippen LogP contribution in [0.2, 0.25) is 0 Å². The zero-order chi connectivity index (χ0) is 16.4. The fraction of sp³-hybridized carbons (Fsp3) is 0.100. The minimum atomic E-state index is 0.585. The Labute approximate surface area is 140 Å². The van der Waals surface area contributed by atoms with Crippen molar-refractivity contribution in [1.29, 1.82) is 0 Å². The summed E-state index contributed by atoms with van der Waals surface area (Å²) in [5, 5.41) is 0. The van der Waals surface area contributed by atoms with Crippen LogP contribution >= 0.6 is 0 Å². The van der Waals surface area contributed by atoms with Gasteiger partial charge in [-0.1, -0.05) is 24.3 Å². The second-order valence-corrected chi connectivity index (χ2v) is 5.69. The summed E-state index contributed by atoms with van der Waals surface area (Å²) in [7, 11) is 0. The third-order valence-corrected chi connectivity index (χ3v) is 3.92. The van der Waals surface area contributed by atoms with Gasteiger partial charge in [0, 0.05) is 12.4 Å². The highest BCUT2D eigenvalue weighted by Crippen LogP contribution is 2.26. The Hall–Kier alpha value is -3.14. The maximum atomic E-state index is 4.91. The fourth-order valence-electron chi connectivity index (χ4n) is 2.71. The predicted molar refractivity (Wildman–Crippen MR) is 96.1 cm³/mol. The Bertz CT molecular complexity index is 928. The van der Waals surface area contributed by atoms with Crippen LogP contribution in [0.15, 0.2) is 77.0 Å². The topological polar surface area (TPSA) is 50.5 Å². The van der Waals surface area contributed by atoms with Crippen molar-refractivity contribution in [2.45, 2.75) is 13.5 Å². The number of rotatable bonds is 2. The molecule has 0 saturated carbocycles. The van der Waals surface area contributed by atoms with Crippen LogP contribution in [0.1, 0.15) is 22.5 Å². The smallest absolute Gasteiger partial charge is 0.117 e. The van der Waals surface area contributed by atoms with Gasteiger partial charge in [0.25, 0.3) is 0 Å². The molecule has 1 aliphatic rings. The Balaban J connectivity index is 1.93. The van der Waals surface area contributed by atoms with Crippen LogP contribution in [0.4, 0.5) is 5.69 Å². The lowest BCUT2D eigenvalue weighted by molar-refractivity contribution is 1.07. The van der Waals surface area contributed by atoms with Gasteiger partial charge in [0.1, 0.15) is 11.4 Å². The Morgan fingerprint density at radius 3 is 2.17 bits per heavy atom. The molecule has 0 atom stereocenters. The van der Waals surface area contributed by atoms with E-state index in [1.54, 1.807) is 12.4 Å². The Morgan fingerprint density at radius 2 is 1.50 bits per heavy atom. The molecule has 4 rings (SSSR count). The number of fused-ring (bicyclic) bond motifs is 1. The van der Waals surface area contributed by atoms with E-state index >= 15 is 0 Å². The summed E-state index contributed by atoms with van der Waals surface area (Å²) in [5.74, 6) is 0. The van der Waals surface area contributed by atoms with Crippen molar-refractivity contribution in [3.05, 3.63) is 89.5 Å². The first-order valence-corrected chi connectivity index (χ1v) is 7.87. The molecule has 0 radical (unpaired) electrons. The number of pyridine rings is 2. The van der Waals surface area contributed by atoms with E-state index in [0.717, 1.165) is 34.1 Å². The van der Waals surface area contributed by atoms with Crippen LogP contribution < -0.4 is 0 Å². The van der Waals surface area contributed by atoms with Crippen LogP contribution in [-0.2, 0) is 6.54 Å². The molecular formula is C20H16N4. The minimum absolute atomic E-state index is 0.585. The van der Waals surface area contributed by atoms with Crippen molar-refractivity contribution in [3.8, 4) is 0 Å². The lowest BCUT2D eigenvalue weighted by Crippen LogP contribution is -2.19. The maximum absolute atomic E-state index is 4.91. The third-order valence-electron chi connectivity index (χ3n) is 3.92. The van der Waals surface area contributed by atoms with Gasteiger partial charge >= 0.3 is 0 Å². The first-order valence-electron chi connectivity index (χ1n) is 7.87. The molecule has 24 heavy (non-hydrogen) atoms. The molecule has 0 saturated heterocycles. The molecule has 0 amide bonds. The highest BCUT2D eigenvalue weighted by Gasteiger charge is 2.20. The quantitative estimate of drug-likeness (QED) is 0.720. The van der Waals surface area contributed by atoms with Crippen LogP contribution in [0, 0.1) is 6.92 Å². The van der Waals surface area contributed by atoms with Crippen molar-refractivity contribution in [2.75, 3.05) is 0 Å². The summed E-state index contributed by atoms with van der Waals surface area (Å²) in [5.41, 5.74) is 6.40. The van der Waals surface area contributed by atoms with Gasteiger partial charge < -0.3 is 0 Å². The zero-order valence-electron chi connectivity index (χ0n) is 13.3. The van der Waals surface area contributed by atoms with Crippen LogP contribution in [0.25, 0.3) is 0 Å². The maximum Gasteiger partial charge on any atom is 0.117 e. The molecular weight excluding hydrogens is 296 g/mol. The van der Waals surface area contributed by atoms with Gasteiger partial charge in [-0.2, -0.15) is 0 Å². The monoisotopic (exact) mass is 312 g/mol. The number of aliphatic imine (C=N–C) groups is 2. The molecule has 4 nitrogen and oxygen atoms in total. The average molecular weight is 312 g/mol. The summed E-state index contributed by atoms with van der Waals surface area (Å²) in [6, 6.07) is 17.9. The number of benzene rings is 1. The minimum Gasteiger partial charge on any atom is -0.276 e. The van der Waals surface area contributed by atoms with E-state index in [4.69, 9.17) is 9.98 Å². The molecule has 3 aromatic rings. The molecule has 0 N–H and O–H groups in total. The average Bonchev–Trinajstić information content (AvgIpc) is 2.82. The molecule has 0 bridgehead atoms. The third kappa shape index (κ3) is 2.74. The SMILES string of the molecule is Cc1ccc2c(c1)N=C(c1ccccn1)C(c1ccccn1)=NC2. The van der Waals surface area contributed by atoms with Gasteiger partial charge in [-0.3, -0.25) is 15.0 Å². The van der Waals surface area contributed by atoms with Gasteiger partial charge in [-0.15, -0.1) is 0 Å². The zero-order valence-corrected chi connectivity index (χ0v) is 13.3. The lowest BCUT2D eigenvalue weighted by atomic mass is 10.1. The second kappa shape index (κ2) is 6.16. The van der Waals surface area contributed by atoms with Gasteiger partial charge in [0.05, 0.1) is 23.6 Å². The predicted octanol–water partition coefficient (Wildman–Crippen LogP) is 3.91. The molecule has 0 fully saturated rings. The van der Waals surface area contributed by atoms with E-state index in [1.807, 2.05) is 36.4 Å². The van der Waals surface area contributed by atoms with Crippen LogP contribution in [0.3, 0.4) is 0 Å². The van der Waals surface area contributed by atoms with E-state index in [1.165, 1.54) is 5.56 Å². The summed E-state index contributed by atoms with van der Waals surface area (Å²) in [6.45, 7) is 2.66. The van der Waals surface area contributed by atoms with Crippen LogP contribution in [0.5, 0.6) is 0 Å². The normalized spacial score (nSPS) is 13.5. The van der Waals surface area contributed by atoms with E-state index in [2.05, 4.69) is 35.1 Å². The molecule has 0 spiro atoms. The first kappa shape index (κ1) is 14.5. The van der Waals surface area contributed by atoms with Gasteiger partial charge in [0.15, 0.2) is 0 Å². The summed E-state index contributed by atoms with van der Waals surface area (Å²) in [4.78, 5) is 18.7. The molecule has 116 valence electrons. The molecule has 0 unspecified atom stereocenters. The summed E-state index contributed by atoms with van der Waals surface area (Å²) < 4.78 is 0. The van der Waals surface area contributed by atoms with Crippen molar-refractivity contribution in [2.24, 2.45) is 9.98 Å². The molecule has 3 heterocycles. The fourth-order valence-corrected chi connectivity index (χ4v) is 2.71. The van der Waals surface area contributed by atoms with E-state index < -0.39 is 0 Å². The molecule has 2 aromatic heterocycles. The molecule has 4 heteroatoms. The second-order valence-electron chi connectivity index (χ2n) is 5.69. The number of aromatic nitrogens is 2. The Morgan fingerprint density at radius 1 is 0.792 bits per heavy atom. The van der Waals surface area contributed by atoms with E-state index in [0.29, 0.717) is 6.54 Å². The standard InChI is InChI=1S/C20H16N4/c1-14-8-9-15-13-23-19(16-6-2-4-10-21-16)20(24-18(15)12-14)17-7-3-5-11-22-17/h2-12H,13H2,1H3.